The number of carbonyl (C=O) groups is 1. The summed E-state index contributed by atoms with van der Waals surface area (Å²) in [5.41, 5.74) is -5.94. The largest absolute Gasteiger partial charge is 0.459 e. The summed E-state index contributed by atoms with van der Waals surface area (Å²) >= 11 is 0. The summed E-state index contributed by atoms with van der Waals surface area (Å²) in [5, 5.41) is 62.8. The summed E-state index contributed by atoms with van der Waals surface area (Å²) in [7, 11) is 5.33. The molecule has 3 saturated heterocycles. The number of rotatable bonds is 11. The molecule has 0 unspecified atom stereocenters. The SMILES string of the molecule is CC[C@H]1OC(=O)[C@H](C)[C@@H](O[C@H]2C[C@@](C)(OC)[C@@](O)(CN(CC)CC)[C@H](C)O2)[C@H](C)[C@@H](O[C@@H]2O[C@H](C)C[C@H](N(C)C)[C@H]2O)[C@@](C)(O)C[C@@H](C)CN[C@H](C)[C@@H](O)[C@]1(C)O. The van der Waals surface area contributed by atoms with Gasteiger partial charge < -0.3 is 69.1 Å². The van der Waals surface area contributed by atoms with Crippen LogP contribution in [-0.2, 0) is 33.2 Å². The van der Waals surface area contributed by atoms with Gasteiger partial charge in [-0.25, -0.2) is 0 Å². The second-order valence-electron chi connectivity index (χ2n) is 18.5. The molecule has 0 spiro atoms. The zero-order valence-corrected chi connectivity index (χ0v) is 37.7. The molecule has 57 heavy (non-hydrogen) atoms. The van der Waals surface area contributed by atoms with E-state index < -0.39 is 95.5 Å². The van der Waals surface area contributed by atoms with Crippen LogP contribution in [0.2, 0.25) is 0 Å². The smallest absolute Gasteiger partial charge is 0.311 e. The fraction of sp³-hybridized carbons (Fsp3) is 0.976. The minimum atomic E-state index is -1.81. The molecule has 15 heteroatoms. The highest BCUT2D eigenvalue weighted by atomic mass is 16.7. The fourth-order valence-electron chi connectivity index (χ4n) is 9.50. The Labute approximate surface area is 343 Å². The van der Waals surface area contributed by atoms with Crippen molar-refractivity contribution in [1.29, 1.82) is 0 Å². The van der Waals surface area contributed by atoms with Crippen LogP contribution in [0.15, 0.2) is 0 Å². The number of methoxy groups -OCH3 is 1. The molecule has 18 atom stereocenters. The quantitative estimate of drug-likeness (QED) is 0.166. The standard InChI is InChI=1S/C42H81N3O12/c1-16-31-41(12,50)35(47)28(8)43-22-24(4)20-39(10,49)36(57-38-33(46)30(44(13)14)19-25(5)53-38)26(6)34(27(7)37(48)55-31)56-32-21-40(11,52-15)42(51,29(9)54-32)23-45(17-2)18-3/h24-36,38,43,46-47,49-51H,16-23H2,1-15H3/t24-,25-,26+,27-,28-,29+,30+,31-,32+,33-,34+,35-,36-,38+,39+,40-,41-,42-/m1/s1. The first-order valence-corrected chi connectivity index (χ1v) is 21.4. The van der Waals surface area contributed by atoms with Crippen LogP contribution in [0.4, 0.5) is 0 Å². The van der Waals surface area contributed by atoms with Crippen LogP contribution in [0.5, 0.6) is 0 Å². The number of aliphatic hydroxyl groups is 5. The maximum absolute atomic E-state index is 14.4. The van der Waals surface area contributed by atoms with Gasteiger partial charge in [-0.1, -0.05) is 34.6 Å². The van der Waals surface area contributed by atoms with Crippen LogP contribution in [-0.4, -0.2) is 178 Å². The number of cyclic esters (lactones) is 1. The molecule has 0 aromatic heterocycles. The van der Waals surface area contributed by atoms with Crippen molar-refractivity contribution in [2.75, 3.05) is 47.4 Å². The summed E-state index contributed by atoms with van der Waals surface area (Å²) in [6, 6.07) is -0.878. The van der Waals surface area contributed by atoms with Gasteiger partial charge in [-0.3, -0.25) is 4.79 Å². The summed E-state index contributed by atoms with van der Waals surface area (Å²) < 4.78 is 38.5. The van der Waals surface area contributed by atoms with Gasteiger partial charge in [-0.05, 0) is 107 Å². The molecule has 3 fully saturated rings. The van der Waals surface area contributed by atoms with Crippen molar-refractivity contribution in [1.82, 2.24) is 15.1 Å². The van der Waals surface area contributed by atoms with Crippen LogP contribution in [0.3, 0.4) is 0 Å². The van der Waals surface area contributed by atoms with E-state index in [0.29, 0.717) is 19.5 Å². The van der Waals surface area contributed by atoms with E-state index in [0.717, 1.165) is 13.1 Å². The predicted molar refractivity (Wildman–Crippen MR) is 216 cm³/mol. The number of hydrogen-bond donors (Lipinski definition) is 6. The Morgan fingerprint density at radius 1 is 0.912 bits per heavy atom. The average Bonchev–Trinajstić information content (AvgIpc) is 3.14. The molecule has 6 N–H and O–H groups in total. The van der Waals surface area contributed by atoms with Crippen LogP contribution in [0.1, 0.15) is 109 Å². The molecule has 15 nitrogen and oxygen atoms in total. The van der Waals surface area contributed by atoms with Crippen LogP contribution < -0.4 is 5.32 Å². The Morgan fingerprint density at radius 3 is 2.07 bits per heavy atom. The Morgan fingerprint density at radius 2 is 1.53 bits per heavy atom. The van der Waals surface area contributed by atoms with Gasteiger partial charge in [-0.15, -0.1) is 0 Å². The van der Waals surface area contributed by atoms with Gasteiger partial charge in [0.05, 0.1) is 35.9 Å². The van der Waals surface area contributed by atoms with Crippen molar-refractivity contribution in [2.24, 2.45) is 17.8 Å². The van der Waals surface area contributed by atoms with Crippen molar-refractivity contribution >= 4 is 5.97 Å². The number of nitrogens with one attached hydrogen (secondary N) is 1. The molecule has 3 aliphatic rings. The molecule has 3 aliphatic heterocycles. The summed E-state index contributed by atoms with van der Waals surface area (Å²) in [4.78, 5) is 18.4. The summed E-state index contributed by atoms with van der Waals surface area (Å²) in [5.74, 6) is -2.66. The lowest BCUT2D eigenvalue weighted by molar-refractivity contribution is -0.339. The zero-order chi connectivity index (χ0) is 43.4. The summed E-state index contributed by atoms with van der Waals surface area (Å²) in [6.45, 7) is 23.8. The van der Waals surface area contributed by atoms with E-state index in [1.54, 1.807) is 41.7 Å². The van der Waals surface area contributed by atoms with Crippen molar-refractivity contribution in [3.63, 3.8) is 0 Å². The summed E-state index contributed by atoms with van der Waals surface area (Å²) in [6.07, 6.45) is -7.57. The Bertz CT molecular complexity index is 1260. The van der Waals surface area contributed by atoms with Gasteiger partial charge in [0.1, 0.15) is 35.1 Å². The molecule has 336 valence electrons. The Balaban J connectivity index is 2.18. The molecule has 3 rings (SSSR count). The lowest BCUT2D eigenvalue weighted by Gasteiger charge is -2.54. The molecule has 0 aromatic carbocycles. The third-order valence-corrected chi connectivity index (χ3v) is 13.6. The molecular formula is C42H81N3O12. The molecular weight excluding hydrogens is 738 g/mol. The van der Waals surface area contributed by atoms with E-state index in [4.69, 9.17) is 28.4 Å². The third-order valence-electron chi connectivity index (χ3n) is 13.6. The van der Waals surface area contributed by atoms with Gasteiger partial charge in [0, 0.05) is 38.1 Å². The number of nitrogens with zero attached hydrogens (tertiary/aromatic N) is 2. The molecule has 0 aromatic rings. The van der Waals surface area contributed by atoms with Crippen LogP contribution in [0, 0.1) is 17.8 Å². The van der Waals surface area contributed by atoms with E-state index >= 15 is 0 Å². The fourth-order valence-corrected chi connectivity index (χ4v) is 9.50. The molecule has 0 aliphatic carbocycles. The topological polar surface area (TPSA) is 192 Å². The van der Waals surface area contributed by atoms with Crippen molar-refractivity contribution in [3.05, 3.63) is 0 Å². The second kappa shape index (κ2) is 20.2. The first-order valence-electron chi connectivity index (χ1n) is 21.4. The minimum absolute atomic E-state index is 0.101. The Kier molecular flexibility index (Phi) is 17.8. The van der Waals surface area contributed by atoms with Gasteiger partial charge >= 0.3 is 5.97 Å². The maximum atomic E-state index is 14.4. The zero-order valence-electron chi connectivity index (χ0n) is 37.7. The van der Waals surface area contributed by atoms with Crippen LogP contribution in [0.25, 0.3) is 0 Å². The average molecular weight is 820 g/mol. The van der Waals surface area contributed by atoms with E-state index in [2.05, 4.69) is 10.2 Å². The number of esters is 1. The van der Waals surface area contributed by atoms with Gasteiger partial charge in [0.2, 0.25) is 0 Å². The van der Waals surface area contributed by atoms with Gasteiger partial charge in [-0.2, -0.15) is 0 Å². The lowest BCUT2D eigenvalue weighted by atomic mass is 9.74. The van der Waals surface area contributed by atoms with Crippen molar-refractivity contribution in [3.8, 4) is 0 Å². The number of ether oxygens (including phenoxy) is 6. The molecule has 0 saturated carbocycles. The van der Waals surface area contributed by atoms with Crippen molar-refractivity contribution in [2.45, 2.75) is 199 Å². The molecule has 0 bridgehead atoms. The number of hydrogen-bond acceptors (Lipinski definition) is 15. The van der Waals surface area contributed by atoms with Crippen LogP contribution >= 0.6 is 0 Å². The number of carbonyl (C=O) groups excluding carboxylic acids is 1. The highest BCUT2D eigenvalue weighted by Gasteiger charge is 2.59. The number of aliphatic hydroxyl groups excluding tert-OH is 2. The first kappa shape index (κ1) is 50.3. The highest BCUT2D eigenvalue weighted by Crippen LogP contribution is 2.44. The van der Waals surface area contributed by atoms with E-state index in [1.165, 1.54) is 6.92 Å². The maximum Gasteiger partial charge on any atom is 0.311 e. The lowest BCUT2D eigenvalue weighted by Crippen LogP contribution is -2.70. The first-order chi connectivity index (χ1) is 26.3. The Hall–Kier alpha value is -1.05. The van der Waals surface area contributed by atoms with E-state index in [1.807, 2.05) is 60.5 Å². The predicted octanol–water partition coefficient (Wildman–Crippen LogP) is 2.27. The number of likely N-dealkylation sites (N-methyl/N-ethyl adjacent to an activating group) is 2. The van der Waals surface area contributed by atoms with Crippen molar-refractivity contribution < 1.29 is 58.7 Å². The van der Waals surface area contributed by atoms with E-state index in [-0.39, 0.29) is 37.3 Å². The molecule has 0 amide bonds. The van der Waals surface area contributed by atoms with Gasteiger partial charge in [0.25, 0.3) is 0 Å². The van der Waals surface area contributed by atoms with Gasteiger partial charge in [0.15, 0.2) is 12.6 Å². The molecule has 3 heterocycles. The molecule has 0 radical (unpaired) electrons. The monoisotopic (exact) mass is 820 g/mol. The third kappa shape index (κ3) is 11.3. The minimum Gasteiger partial charge on any atom is -0.459 e. The second-order valence-corrected chi connectivity index (χ2v) is 18.5. The van der Waals surface area contributed by atoms with E-state index in [9.17, 15) is 30.3 Å². The normalized spacial score (nSPS) is 47.4. The highest BCUT2D eigenvalue weighted by molar-refractivity contribution is 5.73.